The smallest absolute Gasteiger partial charge is 0.254 e. The van der Waals surface area contributed by atoms with Crippen molar-refractivity contribution in [1.82, 2.24) is 34.8 Å². The summed E-state index contributed by atoms with van der Waals surface area (Å²) in [5, 5.41) is 15.9. The van der Waals surface area contributed by atoms with Gasteiger partial charge in [-0.1, -0.05) is 31.2 Å². The molecular formula is C31H41N7O2. The molecule has 9 nitrogen and oxygen atoms in total. The fourth-order valence-corrected chi connectivity index (χ4v) is 4.76. The van der Waals surface area contributed by atoms with Crippen LogP contribution in [0.3, 0.4) is 0 Å². The standard InChI is InChI=1S/C31H41N7O2/c1-7-23-19-26-20-25(30(40)36(8-2)21-27-33-35-38(9-3)34-27)16-18-37(26)28(23)29(39)24-14-12-22(13-15-24)11-10-17-32-31(4,5)6/h12-16,18-20,32H,7-11,17,21H2,1-6H3. The Morgan fingerprint density at radius 2 is 1.75 bits per heavy atom. The molecule has 1 N–H and O–H groups in total. The molecule has 9 heteroatoms. The summed E-state index contributed by atoms with van der Waals surface area (Å²) < 4.78 is 1.90. The van der Waals surface area contributed by atoms with E-state index in [-0.39, 0.29) is 23.8 Å². The van der Waals surface area contributed by atoms with Gasteiger partial charge in [-0.2, -0.15) is 4.80 Å². The summed E-state index contributed by atoms with van der Waals surface area (Å²) in [4.78, 5) is 30.2. The number of hydrogen-bond acceptors (Lipinski definition) is 6. The number of aryl methyl sites for hydroxylation is 3. The number of carbonyl (C=O) groups is 2. The van der Waals surface area contributed by atoms with Crippen LogP contribution in [0.4, 0.5) is 0 Å². The lowest BCUT2D eigenvalue weighted by Gasteiger charge is -2.20. The zero-order valence-electron chi connectivity index (χ0n) is 24.6. The lowest BCUT2D eigenvalue weighted by atomic mass is 10.0. The molecule has 0 aliphatic carbocycles. The summed E-state index contributed by atoms with van der Waals surface area (Å²) in [5.74, 6) is 0.380. The van der Waals surface area contributed by atoms with E-state index < -0.39 is 0 Å². The zero-order chi connectivity index (χ0) is 28.9. The summed E-state index contributed by atoms with van der Waals surface area (Å²) in [6.07, 6.45) is 4.54. The molecule has 40 heavy (non-hydrogen) atoms. The number of carbonyl (C=O) groups excluding carboxylic acids is 2. The molecule has 0 atom stereocenters. The van der Waals surface area contributed by atoms with Gasteiger partial charge in [0.25, 0.3) is 5.91 Å². The number of fused-ring (bicyclic) bond motifs is 1. The Kier molecular flexibility index (Phi) is 9.14. The normalized spacial score (nSPS) is 11.8. The first-order chi connectivity index (χ1) is 19.1. The van der Waals surface area contributed by atoms with E-state index in [1.54, 1.807) is 11.0 Å². The summed E-state index contributed by atoms with van der Waals surface area (Å²) in [7, 11) is 0. The zero-order valence-corrected chi connectivity index (χ0v) is 24.6. The Balaban J connectivity index is 1.51. The highest BCUT2D eigenvalue weighted by Gasteiger charge is 2.21. The number of tetrazole rings is 1. The van der Waals surface area contributed by atoms with E-state index in [1.165, 1.54) is 10.4 Å². The molecule has 0 spiro atoms. The molecule has 3 heterocycles. The maximum atomic E-state index is 13.7. The van der Waals surface area contributed by atoms with Gasteiger partial charge in [0, 0.05) is 34.9 Å². The molecule has 4 aromatic rings. The SMILES string of the molecule is CCc1cc2cc(C(=O)N(CC)Cc3nnn(CC)n3)ccn2c1C(=O)c1ccc(CCCNC(C)(C)C)cc1. The minimum Gasteiger partial charge on any atom is -0.331 e. The molecular weight excluding hydrogens is 502 g/mol. The second-order valence-electron chi connectivity index (χ2n) is 11.1. The monoisotopic (exact) mass is 543 g/mol. The Morgan fingerprint density at radius 3 is 2.38 bits per heavy atom. The number of nitrogens with one attached hydrogen (secondary N) is 1. The van der Waals surface area contributed by atoms with Gasteiger partial charge < -0.3 is 14.6 Å². The fraction of sp³-hybridized carbons (Fsp3) is 0.452. The predicted octanol–water partition coefficient (Wildman–Crippen LogP) is 4.72. The van der Waals surface area contributed by atoms with Crippen molar-refractivity contribution in [3.8, 4) is 0 Å². The van der Waals surface area contributed by atoms with Crippen molar-refractivity contribution in [1.29, 1.82) is 0 Å². The number of hydrogen-bond donors (Lipinski definition) is 1. The molecule has 0 aliphatic rings. The minimum atomic E-state index is -0.113. The molecule has 1 aromatic carbocycles. The maximum absolute atomic E-state index is 13.7. The third-order valence-electron chi connectivity index (χ3n) is 6.99. The predicted molar refractivity (Wildman–Crippen MR) is 157 cm³/mol. The molecule has 0 unspecified atom stereocenters. The van der Waals surface area contributed by atoms with Crippen LogP contribution in [0.2, 0.25) is 0 Å². The first kappa shape index (κ1) is 29.1. The van der Waals surface area contributed by atoms with Crippen LogP contribution in [-0.2, 0) is 25.9 Å². The number of rotatable bonds is 12. The first-order valence-corrected chi connectivity index (χ1v) is 14.2. The minimum absolute atomic E-state index is 0.0165. The molecule has 212 valence electrons. The molecule has 4 rings (SSSR count). The summed E-state index contributed by atoms with van der Waals surface area (Å²) in [6.45, 7) is 14.8. The van der Waals surface area contributed by atoms with Gasteiger partial charge in [0.05, 0.1) is 18.8 Å². The summed E-state index contributed by atoms with van der Waals surface area (Å²) in [6, 6.07) is 13.6. The molecule has 0 aliphatic heterocycles. The van der Waals surface area contributed by atoms with Gasteiger partial charge >= 0.3 is 0 Å². The van der Waals surface area contributed by atoms with Crippen molar-refractivity contribution in [2.75, 3.05) is 13.1 Å². The van der Waals surface area contributed by atoms with Crippen LogP contribution in [0.15, 0.2) is 48.7 Å². The van der Waals surface area contributed by atoms with Gasteiger partial charge in [-0.15, -0.1) is 10.2 Å². The largest absolute Gasteiger partial charge is 0.331 e. The maximum Gasteiger partial charge on any atom is 0.254 e. The van der Waals surface area contributed by atoms with Crippen molar-refractivity contribution in [3.63, 3.8) is 0 Å². The van der Waals surface area contributed by atoms with Crippen molar-refractivity contribution in [2.24, 2.45) is 0 Å². The third kappa shape index (κ3) is 6.83. The van der Waals surface area contributed by atoms with Crippen molar-refractivity contribution in [3.05, 3.63) is 82.4 Å². The summed E-state index contributed by atoms with van der Waals surface area (Å²) >= 11 is 0. The van der Waals surface area contributed by atoms with E-state index in [2.05, 4.69) is 53.6 Å². The van der Waals surface area contributed by atoms with Crippen LogP contribution >= 0.6 is 0 Å². The van der Waals surface area contributed by atoms with Crippen LogP contribution in [0, 0.1) is 0 Å². The molecule has 0 fully saturated rings. The molecule has 0 saturated heterocycles. The van der Waals surface area contributed by atoms with Crippen molar-refractivity contribution < 1.29 is 9.59 Å². The van der Waals surface area contributed by atoms with E-state index >= 15 is 0 Å². The number of amides is 1. The van der Waals surface area contributed by atoms with Crippen LogP contribution in [0.25, 0.3) is 5.52 Å². The first-order valence-electron chi connectivity index (χ1n) is 14.2. The van der Waals surface area contributed by atoms with E-state index in [4.69, 9.17) is 0 Å². The highest BCUT2D eigenvalue weighted by atomic mass is 16.2. The molecule has 3 aromatic heterocycles. The van der Waals surface area contributed by atoms with Gasteiger partial charge in [-0.25, -0.2) is 0 Å². The molecule has 0 bridgehead atoms. The van der Waals surface area contributed by atoms with E-state index in [9.17, 15) is 9.59 Å². The Morgan fingerprint density at radius 1 is 1.00 bits per heavy atom. The Hall–Kier alpha value is -3.85. The lowest BCUT2D eigenvalue weighted by molar-refractivity contribution is 0.0748. The van der Waals surface area contributed by atoms with Gasteiger partial charge in [0.1, 0.15) is 0 Å². The fourth-order valence-electron chi connectivity index (χ4n) is 4.76. The molecule has 0 radical (unpaired) electrons. The highest BCUT2D eigenvalue weighted by molar-refractivity contribution is 6.10. The highest BCUT2D eigenvalue weighted by Crippen LogP contribution is 2.23. The third-order valence-corrected chi connectivity index (χ3v) is 6.99. The number of pyridine rings is 1. The number of nitrogens with zero attached hydrogens (tertiary/aromatic N) is 6. The number of benzene rings is 1. The second kappa shape index (κ2) is 12.6. The van der Waals surface area contributed by atoms with E-state index in [0.717, 1.165) is 30.5 Å². The van der Waals surface area contributed by atoms with Gasteiger partial charge in [-0.05, 0) is 95.0 Å². The average molecular weight is 544 g/mol. The van der Waals surface area contributed by atoms with E-state index in [1.807, 2.05) is 55.6 Å². The summed E-state index contributed by atoms with van der Waals surface area (Å²) in [5.41, 5.74) is 4.98. The van der Waals surface area contributed by atoms with Gasteiger partial charge in [0.2, 0.25) is 5.78 Å². The number of aromatic nitrogens is 5. The molecule has 0 saturated carbocycles. The second-order valence-corrected chi connectivity index (χ2v) is 11.1. The van der Waals surface area contributed by atoms with Crippen LogP contribution < -0.4 is 5.32 Å². The lowest BCUT2D eigenvalue weighted by Crippen LogP contribution is -2.36. The average Bonchev–Trinajstić information content (AvgIpc) is 3.56. The van der Waals surface area contributed by atoms with Gasteiger partial charge in [-0.3, -0.25) is 9.59 Å². The van der Waals surface area contributed by atoms with Gasteiger partial charge in [0.15, 0.2) is 5.82 Å². The van der Waals surface area contributed by atoms with Crippen molar-refractivity contribution in [2.45, 2.75) is 79.4 Å². The van der Waals surface area contributed by atoms with Crippen LogP contribution in [0.5, 0.6) is 0 Å². The quantitative estimate of drug-likeness (QED) is 0.205. The van der Waals surface area contributed by atoms with Crippen LogP contribution in [0.1, 0.15) is 91.3 Å². The Labute approximate surface area is 236 Å². The van der Waals surface area contributed by atoms with Crippen LogP contribution in [-0.4, -0.2) is 59.8 Å². The van der Waals surface area contributed by atoms with E-state index in [0.29, 0.717) is 42.2 Å². The Bertz CT molecular complexity index is 1460. The number of ketones is 1. The topological polar surface area (TPSA) is 97.4 Å². The van der Waals surface area contributed by atoms with Crippen molar-refractivity contribution >= 4 is 17.2 Å². The molecule has 1 amide bonds.